The Balaban J connectivity index is 1.46. The highest BCUT2D eigenvalue weighted by molar-refractivity contribution is 5.38. The van der Waals surface area contributed by atoms with Gasteiger partial charge in [0.2, 0.25) is 0 Å². The van der Waals surface area contributed by atoms with E-state index >= 15 is 0 Å². The number of rotatable bonds is 5. The zero-order valence-electron chi connectivity index (χ0n) is 18.8. The predicted molar refractivity (Wildman–Crippen MR) is 119 cm³/mol. The minimum Gasteiger partial charge on any atom is -0.393 e. The van der Waals surface area contributed by atoms with Gasteiger partial charge in [-0.2, -0.15) is 0 Å². The summed E-state index contributed by atoms with van der Waals surface area (Å²) in [7, 11) is 0. The van der Waals surface area contributed by atoms with Crippen molar-refractivity contribution in [2.75, 3.05) is 6.61 Å². The molecule has 3 saturated carbocycles. The van der Waals surface area contributed by atoms with Gasteiger partial charge in [-0.3, -0.25) is 0 Å². The molecule has 0 unspecified atom stereocenters. The van der Waals surface area contributed by atoms with Gasteiger partial charge < -0.3 is 20.1 Å². The topological polar surface area (TPSA) is 69.9 Å². The first kappa shape index (κ1) is 22.3. The van der Waals surface area contributed by atoms with Crippen molar-refractivity contribution in [3.8, 4) is 0 Å². The number of ether oxygens (including phenoxy) is 1. The van der Waals surface area contributed by atoms with Gasteiger partial charge in [0, 0.05) is 11.8 Å². The van der Waals surface area contributed by atoms with Crippen LogP contribution in [0.5, 0.6) is 0 Å². The van der Waals surface area contributed by atoms with Gasteiger partial charge in [-0.05, 0) is 94.6 Å². The first-order chi connectivity index (χ1) is 14.2. The third-order valence-corrected chi connectivity index (χ3v) is 8.31. The molecule has 1 spiro atoms. The highest BCUT2D eigenvalue weighted by atomic mass is 16.5. The number of aliphatic hydroxyl groups is 3. The van der Waals surface area contributed by atoms with Crippen LogP contribution in [0.2, 0.25) is 0 Å². The van der Waals surface area contributed by atoms with Crippen LogP contribution in [0.4, 0.5) is 0 Å². The molecular formula is C26H40O4. The molecule has 4 rings (SSSR count). The molecule has 6 atom stereocenters. The largest absolute Gasteiger partial charge is 0.393 e. The third-order valence-electron chi connectivity index (χ3n) is 8.31. The second-order valence-corrected chi connectivity index (χ2v) is 10.9. The van der Waals surface area contributed by atoms with E-state index in [0.717, 1.165) is 43.4 Å². The maximum atomic E-state index is 10.1. The first-order valence-electron chi connectivity index (χ1n) is 12.0. The molecule has 30 heavy (non-hydrogen) atoms. The summed E-state index contributed by atoms with van der Waals surface area (Å²) in [5.74, 6) is 1.24. The van der Waals surface area contributed by atoms with Crippen molar-refractivity contribution in [2.45, 2.75) is 102 Å². The van der Waals surface area contributed by atoms with Crippen LogP contribution < -0.4 is 0 Å². The Morgan fingerprint density at radius 3 is 2.80 bits per heavy atom. The van der Waals surface area contributed by atoms with Crippen molar-refractivity contribution < 1.29 is 20.1 Å². The number of hydrogen-bond donors (Lipinski definition) is 3. The molecule has 3 aliphatic carbocycles. The Hall–Kier alpha value is -0.940. The van der Waals surface area contributed by atoms with Gasteiger partial charge >= 0.3 is 0 Å². The Kier molecular flexibility index (Phi) is 6.33. The summed E-state index contributed by atoms with van der Waals surface area (Å²) in [5.41, 5.74) is 3.00. The molecule has 0 bridgehead atoms. The van der Waals surface area contributed by atoms with Crippen LogP contribution in [0.15, 0.2) is 35.5 Å². The van der Waals surface area contributed by atoms with E-state index in [4.69, 9.17) is 4.74 Å². The molecule has 0 amide bonds. The second kappa shape index (κ2) is 8.54. The summed E-state index contributed by atoms with van der Waals surface area (Å²) in [6.45, 7) is 8.72. The molecule has 4 aliphatic rings. The van der Waals surface area contributed by atoms with Crippen LogP contribution in [-0.4, -0.2) is 45.8 Å². The Labute approximate surface area is 181 Å². The fourth-order valence-electron chi connectivity index (χ4n) is 6.79. The zero-order chi connectivity index (χ0) is 21.5. The van der Waals surface area contributed by atoms with Crippen LogP contribution in [0, 0.1) is 17.3 Å². The normalized spacial score (nSPS) is 42.0. The lowest BCUT2D eigenvalue weighted by Crippen LogP contribution is -2.37. The maximum Gasteiger partial charge on any atom is 0.0811 e. The van der Waals surface area contributed by atoms with Crippen LogP contribution in [0.25, 0.3) is 0 Å². The molecule has 0 aromatic heterocycles. The van der Waals surface area contributed by atoms with Crippen LogP contribution >= 0.6 is 0 Å². The summed E-state index contributed by atoms with van der Waals surface area (Å²) in [5, 5.41) is 30.2. The summed E-state index contributed by atoms with van der Waals surface area (Å²) >= 11 is 0. The number of hydrogen-bond acceptors (Lipinski definition) is 4. The van der Waals surface area contributed by atoms with Crippen molar-refractivity contribution in [3.05, 3.63) is 35.5 Å². The molecule has 4 heteroatoms. The van der Waals surface area contributed by atoms with E-state index in [1.165, 1.54) is 31.3 Å². The molecule has 0 aromatic rings. The van der Waals surface area contributed by atoms with Gasteiger partial charge in [-0.1, -0.05) is 24.3 Å². The standard InChI is InChI=1S/C26H40O4/c1-17-19(14-20(27)15-23(17)28)9-8-18-6-4-13-26-16-30-24(7-5-12-25(2,3)29)22(26)11-10-21(18)26/h8-9,20-24,27-29H,1,4-7,10-16H2,2-3H3/b18-8+,19-9-/t20-,21+,22-,23+,24-,26-/m1/s1. The van der Waals surface area contributed by atoms with Gasteiger partial charge in [0.1, 0.15) is 0 Å². The van der Waals surface area contributed by atoms with E-state index in [9.17, 15) is 15.3 Å². The van der Waals surface area contributed by atoms with Crippen molar-refractivity contribution in [3.63, 3.8) is 0 Å². The molecule has 4 fully saturated rings. The van der Waals surface area contributed by atoms with Gasteiger partial charge in [-0.15, -0.1) is 0 Å². The lowest BCUT2D eigenvalue weighted by atomic mass is 9.62. The van der Waals surface area contributed by atoms with E-state index in [1.807, 2.05) is 13.8 Å². The van der Waals surface area contributed by atoms with Gasteiger partial charge in [0.25, 0.3) is 0 Å². The van der Waals surface area contributed by atoms with Crippen LogP contribution in [-0.2, 0) is 4.74 Å². The molecule has 1 heterocycles. The van der Waals surface area contributed by atoms with Gasteiger partial charge in [-0.25, -0.2) is 0 Å². The Bertz CT molecular complexity index is 715. The minimum atomic E-state index is -0.625. The fraction of sp³-hybridized carbons (Fsp3) is 0.769. The predicted octanol–water partition coefficient (Wildman–Crippen LogP) is 4.45. The average Bonchev–Trinajstić information content (AvgIpc) is 3.19. The van der Waals surface area contributed by atoms with E-state index in [-0.39, 0.29) is 0 Å². The van der Waals surface area contributed by atoms with Gasteiger partial charge in [0.05, 0.1) is 30.5 Å². The maximum absolute atomic E-state index is 10.1. The van der Waals surface area contributed by atoms with Crippen molar-refractivity contribution >= 4 is 0 Å². The summed E-state index contributed by atoms with van der Waals surface area (Å²) in [4.78, 5) is 0. The average molecular weight is 417 g/mol. The summed E-state index contributed by atoms with van der Waals surface area (Å²) in [6, 6.07) is 0. The molecule has 4 nitrogen and oxygen atoms in total. The molecule has 168 valence electrons. The molecule has 3 N–H and O–H groups in total. The number of aliphatic hydroxyl groups excluding tert-OH is 2. The molecule has 1 aliphatic heterocycles. The van der Waals surface area contributed by atoms with Crippen LogP contribution in [0.3, 0.4) is 0 Å². The number of allylic oxidation sites excluding steroid dienone is 3. The van der Waals surface area contributed by atoms with E-state index in [1.54, 1.807) is 0 Å². The molecule has 1 saturated heterocycles. The molecule has 0 radical (unpaired) electrons. The van der Waals surface area contributed by atoms with E-state index in [0.29, 0.717) is 36.2 Å². The third kappa shape index (κ3) is 4.34. The highest BCUT2D eigenvalue weighted by Gasteiger charge is 2.58. The molecular weight excluding hydrogens is 376 g/mol. The Morgan fingerprint density at radius 2 is 2.03 bits per heavy atom. The van der Waals surface area contributed by atoms with E-state index in [2.05, 4.69) is 18.7 Å². The minimum absolute atomic E-state index is 0.296. The van der Waals surface area contributed by atoms with Crippen molar-refractivity contribution in [1.82, 2.24) is 0 Å². The van der Waals surface area contributed by atoms with E-state index < -0.39 is 17.8 Å². The Morgan fingerprint density at radius 1 is 1.23 bits per heavy atom. The quantitative estimate of drug-likeness (QED) is 0.619. The van der Waals surface area contributed by atoms with Crippen molar-refractivity contribution in [1.29, 1.82) is 0 Å². The summed E-state index contributed by atoms with van der Waals surface area (Å²) < 4.78 is 6.38. The van der Waals surface area contributed by atoms with Gasteiger partial charge in [0.15, 0.2) is 0 Å². The fourth-order valence-corrected chi connectivity index (χ4v) is 6.79. The highest BCUT2D eigenvalue weighted by Crippen LogP contribution is 2.62. The lowest BCUT2D eigenvalue weighted by molar-refractivity contribution is 0.0455. The SMILES string of the molecule is C=C1/C(=C\C=C2/CCC[C@]34CO[C@H](CCCC(C)(C)O)[C@H]3CC[C@@H]24)C[C@@H](O)C[C@@H]1O. The smallest absolute Gasteiger partial charge is 0.0811 e. The summed E-state index contributed by atoms with van der Waals surface area (Å²) in [6.07, 6.45) is 13.7. The second-order valence-electron chi connectivity index (χ2n) is 10.9. The monoisotopic (exact) mass is 416 g/mol. The lowest BCUT2D eigenvalue weighted by Gasteiger charge is -2.40. The molecule has 0 aromatic carbocycles. The first-order valence-corrected chi connectivity index (χ1v) is 12.0. The zero-order valence-corrected chi connectivity index (χ0v) is 18.8. The van der Waals surface area contributed by atoms with Crippen LogP contribution in [0.1, 0.15) is 78.1 Å². The van der Waals surface area contributed by atoms with Crippen molar-refractivity contribution in [2.24, 2.45) is 17.3 Å².